The van der Waals surface area contributed by atoms with Crippen molar-refractivity contribution in [3.05, 3.63) is 45.7 Å². The summed E-state index contributed by atoms with van der Waals surface area (Å²) in [6.45, 7) is 8.06. The smallest absolute Gasteiger partial charge is 0.255 e. The van der Waals surface area contributed by atoms with E-state index in [9.17, 15) is 39.9 Å². The number of amides is 1. The fourth-order valence-corrected chi connectivity index (χ4v) is 6.67. The Bertz CT molecular complexity index is 1320. The molecule has 1 aromatic rings. The lowest BCUT2D eigenvalue weighted by Gasteiger charge is -2.53. The van der Waals surface area contributed by atoms with Crippen LogP contribution in [0.3, 0.4) is 0 Å². The summed E-state index contributed by atoms with van der Waals surface area (Å²) >= 11 is 0. The summed E-state index contributed by atoms with van der Waals surface area (Å²) in [7, 11) is 2.95. The first kappa shape index (κ1) is 28.8. The molecule has 0 saturated heterocycles. The van der Waals surface area contributed by atoms with E-state index in [2.05, 4.69) is 20.8 Å². The molecule has 2 unspecified atom stereocenters. The van der Waals surface area contributed by atoms with Crippen LogP contribution in [-0.2, 0) is 20.8 Å². The molecule has 1 fully saturated rings. The molecule has 3 aliphatic carbocycles. The maximum absolute atomic E-state index is 14.0. The molecule has 212 valence electrons. The molecule has 7 N–H and O–H groups in total. The second kappa shape index (κ2) is 9.46. The van der Waals surface area contributed by atoms with Crippen molar-refractivity contribution in [2.75, 3.05) is 14.1 Å². The van der Waals surface area contributed by atoms with Gasteiger partial charge < -0.3 is 31.3 Å². The van der Waals surface area contributed by atoms with Crippen LogP contribution < -0.4 is 5.73 Å². The number of nitrogens with zero attached hydrogens (tertiary/aromatic N) is 1. The number of phenolic OH excluding ortho intramolecular Hbond substituents is 1. The van der Waals surface area contributed by atoms with Crippen LogP contribution in [0.2, 0.25) is 0 Å². The number of likely N-dealkylation sites (N-methyl/N-ethyl adjacent to an activating group) is 1. The molecule has 10 nitrogen and oxygen atoms in total. The number of primary amides is 1. The molecule has 0 radical (unpaired) electrons. The Morgan fingerprint density at radius 2 is 1.74 bits per heavy atom. The molecule has 0 aromatic heterocycles. The molecule has 3 aliphatic rings. The van der Waals surface area contributed by atoms with Crippen molar-refractivity contribution in [2.45, 2.75) is 70.6 Å². The van der Waals surface area contributed by atoms with Crippen LogP contribution in [0, 0.1) is 17.3 Å². The lowest BCUT2D eigenvalue weighted by atomic mass is 9.54. The molecule has 0 heterocycles. The van der Waals surface area contributed by atoms with Gasteiger partial charge in [0.25, 0.3) is 5.91 Å². The van der Waals surface area contributed by atoms with Crippen LogP contribution in [-0.4, -0.2) is 79.7 Å². The Kier molecular flexibility index (Phi) is 6.99. The number of Topliss-reactive ketones (excluding diaryl/α,β-unsaturated/α-hetero) is 2. The summed E-state index contributed by atoms with van der Waals surface area (Å²) in [5.41, 5.74) is 2.31. The van der Waals surface area contributed by atoms with E-state index in [-0.39, 0.29) is 22.3 Å². The first-order valence-corrected chi connectivity index (χ1v) is 13.1. The van der Waals surface area contributed by atoms with E-state index >= 15 is 0 Å². The quantitative estimate of drug-likeness (QED) is 0.303. The number of aliphatic hydroxyl groups is 4. The van der Waals surface area contributed by atoms with Gasteiger partial charge in [0.15, 0.2) is 11.4 Å². The normalized spacial score (nSPS) is 30.8. The molecule has 0 spiro atoms. The van der Waals surface area contributed by atoms with E-state index in [0.717, 1.165) is 12.8 Å². The summed E-state index contributed by atoms with van der Waals surface area (Å²) in [5, 5.41) is 57.0. The molecule has 0 bridgehead atoms. The van der Waals surface area contributed by atoms with Crippen LogP contribution in [0.25, 0.3) is 5.76 Å². The Hall–Kier alpha value is -3.21. The molecule has 0 aliphatic heterocycles. The van der Waals surface area contributed by atoms with Crippen LogP contribution in [0.5, 0.6) is 5.75 Å². The molecule has 6 atom stereocenters. The monoisotopic (exact) mass is 542 g/mol. The van der Waals surface area contributed by atoms with E-state index in [4.69, 9.17) is 5.73 Å². The van der Waals surface area contributed by atoms with Gasteiger partial charge >= 0.3 is 0 Å². The number of carbonyl (C=O) groups is 3. The maximum Gasteiger partial charge on any atom is 0.255 e. The summed E-state index contributed by atoms with van der Waals surface area (Å²) in [6.07, 6.45) is 0.596. The first-order valence-electron chi connectivity index (χ1n) is 13.1. The van der Waals surface area contributed by atoms with Gasteiger partial charge in [0.2, 0.25) is 5.78 Å². The summed E-state index contributed by atoms with van der Waals surface area (Å²) in [4.78, 5) is 40.7. The zero-order valence-electron chi connectivity index (χ0n) is 23.1. The van der Waals surface area contributed by atoms with Crippen molar-refractivity contribution >= 4 is 23.2 Å². The molecule has 10 heteroatoms. The van der Waals surface area contributed by atoms with Gasteiger partial charge in [-0.05, 0) is 55.8 Å². The molecular weight excluding hydrogens is 504 g/mol. The van der Waals surface area contributed by atoms with Gasteiger partial charge in [-0.15, -0.1) is 0 Å². The highest BCUT2D eigenvalue weighted by atomic mass is 16.4. The standard InChI is InChI=1S/C29H38N2O8/c1-12-14-10-9-13(8-7-11-28(2,3)4)21(32)16(14)22(33)17-15(12)23(34)19-20(31(5)6)24(35)18(27(30)38)26(37)29(19,39)25(17)36/h9-10,12,15,19-20,23,32-34,37,39H,7-8,11H2,1-6H3,(H2,30,38)/t12-,15?,19?,20-,23-,29-/m0/s1. The minimum atomic E-state index is -2.91. The second-order valence-electron chi connectivity index (χ2n) is 12.5. The number of carbonyl (C=O) groups excluding carboxylic acids is 3. The molecule has 1 amide bonds. The largest absolute Gasteiger partial charge is 0.508 e. The minimum Gasteiger partial charge on any atom is -0.508 e. The van der Waals surface area contributed by atoms with Crippen molar-refractivity contribution in [3.8, 4) is 5.75 Å². The minimum absolute atomic E-state index is 0.0271. The molecule has 1 aromatic carbocycles. The Balaban J connectivity index is 1.92. The molecule has 1 saturated carbocycles. The average Bonchev–Trinajstić information content (AvgIpc) is 2.81. The fourth-order valence-electron chi connectivity index (χ4n) is 6.67. The maximum atomic E-state index is 14.0. The van der Waals surface area contributed by atoms with Crippen molar-refractivity contribution in [3.63, 3.8) is 0 Å². The van der Waals surface area contributed by atoms with Crippen LogP contribution in [0.1, 0.15) is 63.1 Å². The number of rotatable bonds is 5. The third-order valence-corrected chi connectivity index (χ3v) is 8.59. The average molecular weight is 543 g/mol. The van der Waals surface area contributed by atoms with Gasteiger partial charge in [-0.2, -0.15) is 0 Å². The van der Waals surface area contributed by atoms with Crippen molar-refractivity contribution in [1.29, 1.82) is 0 Å². The van der Waals surface area contributed by atoms with E-state index in [0.29, 0.717) is 17.5 Å². The fraction of sp³-hybridized carbons (Fsp3) is 0.552. The first-order chi connectivity index (χ1) is 18.0. The number of fused-ring (bicyclic) bond motifs is 3. The number of phenols is 1. The Morgan fingerprint density at radius 3 is 2.28 bits per heavy atom. The van der Waals surface area contributed by atoms with Gasteiger partial charge in [0.1, 0.15) is 22.8 Å². The predicted octanol–water partition coefficient (Wildman–Crippen LogP) is 1.86. The summed E-state index contributed by atoms with van der Waals surface area (Å²) in [5.74, 6) is -8.74. The van der Waals surface area contributed by atoms with Crippen molar-refractivity contribution < 1.29 is 39.9 Å². The number of aliphatic hydroxyl groups excluding tert-OH is 3. The molecular formula is C29H38N2O8. The van der Waals surface area contributed by atoms with Crippen molar-refractivity contribution in [1.82, 2.24) is 4.90 Å². The van der Waals surface area contributed by atoms with Gasteiger partial charge in [0.05, 0.1) is 23.6 Å². The third-order valence-electron chi connectivity index (χ3n) is 8.59. The molecule has 39 heavy (non-hydrogen) atoms. The van der Waals surface area contributed by atoms with Gasteiger partial charge in [-0.1, -0.05) is 39.8 Å². The van der Waals surface area contributed by atoms with Crippen molar-refractivity contribution in [2.24, 2.45) is 23.0 Å². The lowest BCUT2D eigenvalue weighted by Crippen LogP contribution is -2.70. The number of benzene rings is 1. The predicted molar refractivity (Wildman–Crippen MR) is 143 cm³/mol. The van der Waals surface area contributed by atoms with Gasteiger partial charge in [0, 0.05) is 11.5 Å². The highest BCUT2D eigenvalue weighted by Gasteiger charge is 2.68. The number of aryl methyl sites for hydroxylation is 1. The zero-order chi connectivity index (χ0) is 29.4. The lowest BCUT2D eigenvalue weighted by molar-refractivity contribution is -0.169. The van der Waals surface area contributed by atoms with Crippen LogP contribution in [0.15, 0.2) is 29.0 Å². The zero-order valence-corrected chi connectivity index (χ0v) is 23.1. The van der Waals surface area contributed by atoms with E-state index in [1.807, 2.05) is 0 Å². The highest BCUT2D eigenvalue weighted by molar-refractivity contribution is 6.24. The van der Waals surface area contributed by atoms with Crippen LogP contribution in [0.4, 0.5) is 0 Å². The Labute approximate surface area is 227 Å². The number of nitrogens with two attached hydrogens (primary N) is 1. The van der Waals surface area contributed by atoms with Gasteiger partial charge in [-0.3, -0.25) is 19.3 Å². The second-order valence-corrected chi connectivity index (χ2v) is 12.5. The SMILES string of the molecule is C[C@H]1c2ccc(CCCC(C)(C)C)c(O)c2C(O)=C2C(=O)[C@]3(O)C(O)=C(C(N)=O)C(=O)[C@@H](N(C)C)C3[C@@H](O)C21. The number of hydrogen-bond donors (Lipinski definition) is 6. The molecule has 4 rings (SSSR count). The van der Waals surface area contributed by atoms with Gasteiger partial charge in [-0.25, -0.2) is 0 Å². The van der Waals surface area contributed by atoms with E-state index in [1.54, 1.807) is 19.1 Å². The summed E-state index contributed by atoms with van der Waals surface area (Å²) in [6, 6.07) is 2.14. The van der Waals surface area contributed by atoms with Crippen LogP contribution >= 0.6 is 0 Å². The Morgan fingerprint density at radius 1 is 1.13 bits per heavy atom. The van der Waals surface area contributed by atoms with E-state index in [1.165, 1.54) is 19.0 Å². The van der Waals surface area contributed by atoms with E-state index < -0.39 is 70.1 Å². The third kappa shape index (κ3) is 4.16. The number of ketones is 2. The summed E-state index contributed by atoms with van der Waals surface area (Å²) < 4.78 is 0. The number of aromatic hydroxyl groups is 1. The topological polar surface area (TPSA) is 182 Å². The number of hydrogen-bond acceptors (Lipinski definition) is 9. The highest BCUT2D eigenvalue weighted by Crippen LogP contribution is 2.56.